The zero-order valence-electron chi connectivity index (χ0n) is 24.8. The molecule has 0 bridgehead atoms. The average Bonchev–Trinajstić information content (AvgIpc) is 3.84. The number of nitrogens with zero attached hydrogens (tertiary/aromatic N) is 4. The quantitative estimate of drug-likeness (QED) is 0.325. The van der Waals surface area contributed by atoms with Crippen molar-refractivity contribution in [3.05, 3.63) is 99.6 Å². The van der Waals surface area contributed by atoms with Gasteiger partial charge in [-0.2, -0.15) is 0 Å². The van der Waals surface area contributed by atoms with Gasteiger partial charge in [-0.3, -0.25) is 9.59 Å². The lowest BCUT2D eigenvalue weighted by atomic mass is 9.78. The molecule has 3 aliphatic heterocycles. The van der Waals surface area contributed by atoms with Gasteiger partial charge < -0.3 is 29.5 Å². The van der Waals surface area contributed by atoms with Crippen LogP contribution in [0.3, 0.4) is 0 Å². The zero-order valence-corrected chi connectivity index (χ0v) is 24.8. The second kappa shape index (κ2) is 10.3. The monoisotopic (exact) mass is 589 g/mol. The SMILES string of the molecule is Cn1cc(-c2cccc(N3CCc4cc(C5CC5)ccc4C3=O)c2CO)cc(Nc2ccc(N3CC4(COC4)C3)cn2)c1=O. The van der Waals surface area contributed by atoms with Crippen LogP contribution in [0.2, 0.25) is 0 Å². The Bertz CT molecular complexity index is 1830. The number of hydrogen-bond donors (Lipinski definition) is 2. The number of rotatable bonds is 7. The molecule has 4 aromatic rings. The van der Waals surface area contributed by atoms with E-state index in [0.717, 1.165) is 60.7 Å². The molecule has 0 atom stereocenters. The van der Waals surface area contributed by atoms with Crippen LogP contribution >= 0.6 is 0 Å². The average molecular weight is 590 g/mol. The molecule has 8 rings (SSSR count). The van der Waals surface area contributed by atoms with E-state index >= 15 is 0 Å². The number of carbonyl (C=O) groups is 1. The highest BCUT2D eigenvalue weighted by Gasteiger charge is 2.49. The third-order valence-electron chi connectivity index (χ3n) is 9.60. The number of aliphatic hydroxyl groups is 1. The number of hydrogen-bond acceptors (Lipinski definition) is 7. The summed E-state index contributed by atoms with van der Waals surface area (Å²) in [6.45, 7) is 3.92. The maximum atomic E-state index is 13.7. The first-order chi connectivity index (χ1) is 21.4. The normalized spacial score (nSPS) is 18.5. The predicted octanol–water partition coefficient (Wildman–Crippen LogP) is 4.60. The molecule has 2 N–H and O–H groups in total. The molecule has 9 heteroatoms. The van der Waals surface area contributed by atoms with Gasteiger partial charge in [-0.15, -0.1) is 0 Å². The number of fused-ring (bicyclic) bond motifs is 1. The van der Waals surface area contributed by atoms with Crippen LogP contribution in [-0.2, 0) is 24.8 Å². The fourth-order valence-electron chi connectivity index (χ4n) is 6.93. The van der Waals surface area contributed by atoms with Gasteiger partial charge in [-0.25, -0.2) is 4.98 Å². The van der Waals surface area contributed by atoms with Gasteiger partial charge in [0.05, 0.1) is 42.8 Å². The maximum Gasteiger partial charge on any atom is 0.274 e. The first-order valence-corrected chi connectivity index (χ1v) is 15.4. The van der Waals surface area contributed by atoms with E-state index in [2.05, 4.69) is 27.3 Å². The number of nitrogens with one attached hydrogen (secondary N) is 1. The number of benzene rings is 2. The topological polar surface area (TPSA) is 99.9 Å². The molecular formula is C35H35N5O4. The fourth-order valence-corrected chi connectivity index (χ4v) is 6.93. The van der Waals surface area contributed by atoms with E-state index in [1.165, 1.54) is 23.0 Å². The number of ether oxygens (including phenoxy) is 1. The Balaban J connectivity index is 1.07. The largest absolute Gasteiger partial charge is 0.392 e. The highest BCUT2D eigenvalue weighted by molar-refractivity contribution is 6.09. The van der Waals surface area contributed by atoms with Gasteiger partial charge >= 0.3 is 0 Å². The van der Waals surface area contributed by atoms with Crippen molar-refractivity contribution in [1.82, 2.24) is 9.55 Å². The van der Waals surface area contributed by atoms with E-state index in [0.29, 0.717) is 40.6 Å². The number of pyridine rings is 2. The molecule has 5 heterocycles. The first kappa shape index (κ1) is 27.1. The van der Waals surface area contributed by atoms with E-state index in [-0.39, 0.29) is 18.1 Å². The van der Waals surface area contributed by atoms with Gasteiger partial charge in [-0.05, 0) is 72.2 Å². The second-order valence-corrected chi connectivity index (χ2v) is 12.8. The van der Waals surface area contributed by atoms with Gasteiger partial charge in [0.2, 0.25) is 0 Å². The van der Waals surface area contributed by atoms with Crippen LogP contribution in [0, 0.1) is 5.41 Å². The molecule has 1 aliphatic carbocycles. The van der Waals surface area contributed by atoms with Crippen molar-refractivity contribution in [1.29, 1.82) is 0 Å². The number of carbonyl (C=O) groups excluding carboxylic acids is 1. The van der Waals surface area contributed by atoms with Crippen LogP contribution in [-0.4, -0.2) is 53.4 Å². The maximum absolute atomic E-state index is 13.7. The number of amides is 1. The van der Waals surface area contributed by atoms with Crippen molar-refractivity contribution in [2.75, 3.05) is 48.0 Å². The summed E-state index contributed by atoms with van der Waals surface area (Å²) in [6, 6.07) is 17.7. The standard InChI is InChI=1S/C35H35N5O4/c1-38-16-25(14-30(34(38)43)37-32-10-8-26(15-36-32)39-18-35(19-39)20-44-21-35)27-3-2-4-31(29(27)17-41)40-12-11-24-13-23(22-5-6-22)7-9-28(24)33(40)42/h2-4,7-10,13-16,22,41H,5-6,11-12,17-21H2,1H3,(H,36,37). The van der Waals surface area contributed by atoms with Crippen LogP contribution in [0.5, 0.6) is 0 Å². The summed E-state index contributed by atoms with van der Waals surface area (Å²) in [5, 5.41) is 13.8. The van der Waals surface area contributed by atoms with Gasteiger partial charge in [0.25, 0.3) is 11.5 Å². The summed E-state index contributed by atoms with van der Waals surface area (Å²) < 4.78 is 6.91. The molecule has 44 heavy (non-hydrogen) atoms. The van der Waals surface area contributed by atoms with Crippen LogP contribution in [0.1, 0.15) is 45.8 Å². The lowest BCUT2D eigenvalue weighted by molar-refractivity contribution is -0.127. The molecule has 1 saturated carbocycles. The van der Waals surface area contributed by atoms with Crippen molar-refractivity contribution in [2.24, 2.45) is 12.5 Å². The zero-order chi connectivity index (χ0) is 30.0. The lowest BCUT2D eigenvalue weighted by Gasteiger charge is -2.55. The second-order valence-electron chi connectivity index (χ2n) is 12.8. The minimum absolute atomic E-state index is 0.0489. The molecule has 1 spiro atoms. The Morgan fingerprint density at radius 2 is 1.89 bits per heavy atom. The van der Waals surface area contributed by atoms with Crippen molar-refractivity contribution >= 4 is 28.8 Å². The Morgan fingerprint density at radius 3 is 2.59 bits per heavy atom. The third kappa shape index (κ3) is 4.58. The lowest BCUT2D eigenvalue weighted by Crippen LogP contribution is -2.66. The number of aliphatic hydroxyl groups excluding tert-OH is 1. The molecule has 3 fully saturated rings. The van der Waals surface area contributed by atoms with Crippen molar-refractivity contribution in [3.63, 3.8) is 0 Å². The summed E-state index contributed by atoms with van der Waals surface area (Å²) in [5.74, 6) is 1.17. The molecule has 4 aliphatic rings. The predicted molar refractivity (Wildman–Crippen MR) is 170 cm³/mol. The molecule has 224 valence electrons. The van der Waals surface area contributed by atoms with Crippen molar-refractivity contribution in [2.45, 2.75) is 31.8 Å². The summed E-state index contributed by atoms with van der Waals surface area (Å²) in [4.78, 5) is 35.5. The smallest absolute Gasteiger partial charge is 0.274 e. The van der Waals surface area contributed by atoms with Crippen molar-refractivity contribution < 1.29 is 14.6 Å². The highest BCUT2D eigenvalue weighted by atomic mass is 16.5. The van der Waals surface area contributed by atoms with Gasteiger partial charge in [0.1, 0.15) is 11.5 Å². The van der Waals surface area contributed by atoms with Crippen LogP contribution < -0.4 is 20.7 Å². The van der Waals surface area contributed by atoms with E-state index in [1.54, 1.807) is 24.2 Å². The summed E-state index contributed by atoms with van der Waals surface area (Å²) in [7, 11) is 1.71. The third-order valence-corrected chi connectivity index (χ3v) is 9.60. The Hall–Kier alpha value is -4.47. The molecule has 2 aromatic heterocycles. The minimum atomic E-state index is -0.249. The highest BCUT2D eigenvalue weighted by Crippen LogP contribution is 2.42. The Kier molecular flexibility index (Phi) is 6.36. The van der Waals surface area contributed by atoms with Gasteiger partial charge in [-0.1, -0.05) is 24.3 Å². The number of aryl methyl sites for hydroxylation is 1. The number of aromatic nitrogens is 2. The summed E-state index contributed by atoms with van der Waals surface area (Å²) in [5.41, 5.74) is 7.59. The van der Waals surface area contributed by atoms with Gasteiger partial charge in [0.15, 0.2) is 0 Å². The summed E-state index contributed by atoms with van der Waals surface area (Å²) >= 11 is 0. The number of anilines is 4. The van der Waals surface area contributed by atoms with E-state index < -0.39 is 0 Å². The fraction of sp³-hybridized carbons (Fsp3) is 0.343. The van der Waals surface area contributed by atoms with E-state index in [1.807, 2.05) is 42.6 Å². The minimum Gasteiger partial charge on any atom is -0.392 e. The summed E-state index contributed by atoms with van der Waals surface area (Å²) in [6.07, 6.45) is 6.82. The molecule has 0 unspecified atom stereocenters. The molecule has 1 amide bonds. The first-order valence-electron chi connectivity index (χ1n) is 15.4. The van der Waals surface area contributed by atoms with Crippen LogP contribution in [0.4, 0.5) is 22.9 Å². The van der Waals surface area contributed by atoms with Crippen LogP contribution in [0.15, 0.2) is 71.8 Å². The van der Waals surface area contributed by atoms with Crippen LogP contribution in [0.25, 0.3) is 11.1 Å². The van der Waals surface area contributed by atoms with E-state index in [9.17, 15) is 14.7 Å². The molecule has 9 nitrogen and oxygen atoms in total. The molecule has 0 radical (unpaired) electrons. The van der Waals surface area contributed by atoms with Gasteiger partial charge in [0, 0.05) is 49.6 Å². The molecular weight excluding hydrogens is 554 g/mol. The van der Waals surface area contributed by atoms with Crippen molar-refractivity contribution in [3.8, 4) is 11.1 Å². The Morgan fingerprint density at radius 1 is 1.05 bits per heavy atom. The Labute approximate surface area is 255 Å². The van der Waals surface area contributed by atoms with E-state index in [4.69, 9.17) is 4.74 Å². The molecule has 2 aromatic carbocycles. The molecule has 2 saturated heterocycles.